The van der Waals surface area contributed by atoms with E-state index >= 15 is 0 Å². The van der Waals surface area contributed by atoms with Gasteiger partial charge in [0.2, 0.25) is 0 Å². The molecule has 0 saturated carbocycles. The molecule has 0 bridgehead atoms. The third-order valence-corrected chi connectivity index (χ3v) is 2.14. The first-order valence-electron chi connectivity index (χ1n) is 2.64. The van der Waals surface area contributed by atoms with Crippen molar-refractivity contribution in [3.63, 3.8) is 0 Å². The van der Waals surface area contributed by atoms with E-state index in [2.05, 4.69) is 11.7 Å². The molecule has 2 nitrogen and oxygen atoms in total. The second-order valence-corrected chi connectivity index (χ2v) is 2.73. The summed E-state index contributed by atoms with van der Waals surface area (Å²) < 4.78 is 0. The van der Waals surface area contributed by atoms with E-state index in [-0.39, 0.29) is 12.4 Å². The monoisotopic (exact) mass is 248 g/mol. The Bertz CT molecular complexity index is 209. The van der Waals surface area contributed by atoms with Gasteiger partial charge in [0, 0.05) is 0 Å². The van der Waals surface area contributed by atoms with E-state index in [9.17, 15) is 0 Å². The molecule has 0 unspecified atom stereocenters. The zero-order valence-corrected chi connectivity index (χ0v) is 9.01. The highest BCUT2D eigenvalue weighted by Gasteiger charge is 1.98. The van der Waals surface area contributed by atoms with Crippen molar-refractivity contribution >= 4 is 47.2 Å². The molecule has 12 heavy (non-hydrogen) atoms. The topological polar surface area (TPSA) is 52.0 Å². The Labute approximate surface area is 92.2 Å². The lowest BCUT2D eigenvalue weighted by Gasteiger charge is -1.94. The third-order valence-electron chi connectivity index (χ3n) is 0.904. The van der Waals surface area contributed by atoms with Crippen molar-refractivity contribution in [2.24, 2.45) is 11.7 Å². The van der Waals surface area contributed by atoms with E-state index in [4.69, 9.17) is 34.8 Å². The van der Waals surface area contributed by atoms with Crippen LogP contribution in [0.5, 0.6) is 0 Å². The summed E-state index contributed by atoms with van der Waals surface area (Å²) in [6.45, 7) is 0. The van der Waals surface area contributed by atoms with Crippen LogP contribution in [0, 0.1) is 0 Å². The molecule has 70 valence electrons. The summed E-state index contributed by atoms with van der Waals surface area (Å²) in [6.07, 6.45) is 0. The van der Waals surface area contributed by atoms with Crippen molar-refractivity contribution in [1.29, 1.82) is 0 Å². The van der Waals surface area contributed by atoms with Gasteiger partial charge in [0.15, 0.2) is 0 Å². The van der Waals surface area contributed by atoms with Gasteiger partial charge in [-0.3, -0.25) is 11.7 Å². The van der Waals surface area contributed by atoms with Crippen LogP contribution in [0.4, 0.5) is 0 Å². The molecule has 1 rings (SSSR count). The van der Waals surface area contributed by atoms with Crippen molar-refractivity contribution in [1.82, 2.24) is 0 Å². The molecule has 1 aromatic carbocycles. The highest BCUT2D eigenvalue weighted by molar-refractivity contribution is 6.47. The minimum atomic E-state index is 0. The average molecular weight is 250 g/mol. The number of benzene rings is 1. The van der Waals surface area contributed by atoms with Crippen LogP contribution < -0.4 is 11.7 Å². The first kappa shape index (κ1) is 14.8. The van der Waals surface area contributed by atoms with E-state index in [0.29, 0.717) is 15.1 Å². The molecule has 0 radical (unpaired) electrons. The first-order chi connectivity index (χ1) is 5.22. The molecule has 0 aliphatic carbocycles. The molecule has 1 aromatic rings. The highest BCUT2D eigenvalue weighted by atomic mass is 35.5. The predicted molar refractivity (Wildman–Crippen MR) is 57.1 cm³/mol. The van der Waals surface area contributed by atoms with Gasteiger partial charge < -0.3 is 0 Å². The maximum Gasteiger partial charge on any atom is 0.0778 e. The van der Waals surface area contributed by atoms with Crippen molar-refractivity contribution in [3.05, 3.63) is 33.3 Å². The largest absolute Gasteiger partial charge is 0.274 e. The van der Waals surface area contributed by atoms with Gasteiger partial charge in [0.1, 0.15) is 0 Å². The average Bonchev–Trinajstić information content (AvgIpc) is 2.04. The van der Waals surface area contributed by atoms with E-state index in [1.807, 2.05) is 0 Å². The van der Waals surface area contributed by atoms with Crippen LogP contribution in [0.2, 0.25) is 15.1 Å². The molecule has 0 fully saturated rings. The summed E-state index contributed by atoms with van der Waals surface area (Å²) in [4.78, 5) is 0. The zero-order valence-electron chi connectivity index (χ0n) is 5.93. The number of hydrogen-bond acceptors (Lipinski definition) is 2. The van der Waals surface area contributed by atoms with Gasteiger partial charge in [-0.2, -0.15) is 0 Å². The standard InChI is InChI=1S/C6H3Cl3.ClH.H4N2/c7-4-2-1-3-5(8)6(4)9;;1-2/h1-3H;1H;1-2H2. The minimum absolute atomic E-state index is 0. The number of rotatable bonds is 0. The van der Waals surface area contributed by atoms with Gasteiger partial charge in [-0.15, -0.1) is 12.4 Å². The summed E-state index contributed by atoms with van der Waals surface area (Å²) in [5.74, 6) is 8.00. The fourth-order valence-electron chi connectivity index (χ4n) is 0.477. The second kappa shape index (κ2) is 7.92. The molecule has 4 N–H and O–H groups in total. The van der Waals surface area contributed by atoms with E-state index < -0.39 is 0 Å². The Kier molecular flexibility index (Phi) is 9.78. The fraction of sp³-hybridized carbons (Fsp3) is 0. The van der Waals surface area contributed by atoms with Gasteiger partial charge in [-0.25, -0.2) is 0 Å². The second-order valence-electron chi connectivity index (χ2n) is 1.54. The van der Waals surface area contributed by atoms with Crippen LogP contribution in [0.25, 0.3) is 0 Å². The van der Waals surface area contributed by atoms with Crippen molar-refractivity contribution < 1.29 is 0 Å². The van der Waals surface area contributed by atoms with Gasteiger partial charge in [-0.1, -0.05) is 40.9 Å². The predicted octanol–water partition coefficient (Wildman–Crippen LogP) is 2.89. The summed E-state index contributed by atoms with van der Waals surface area (Å²) in [5, 5.41) is 1.40. The summed E-state index contributed by atoms with van der Waals surface area (Å²) in [6, 6.07) is 5.13. The number of halogens is 4. The van der Waals surface area contributed by atoms with Crippen LogP contribution in [-0.2, 0) is 0 Å². The molecular formula is C6H8Cl4N2. The fourth-order valence-corrected chi connectivity index (χ4v) is 1.00. The zero-order chi connectivity index (χ0) is 8.85. The van der Waals surface area contributed by atoms with Crippen LogP contribution in [0.1, 0.15) is 0 Å². The third kappa shape index (κ3) is 4.36. The lowest BCUT2D eigenvalue weighted by molar-refractivity contribution is 1.26. The summed E-state index contributed by atoms with van der Waals surface area (Å²) in [5.41, 5.74) is 0. The van der Waals surface area contributed by atoms with Gasteiger partial charge in [0.25, 0.3) is 0 Å². The Morgan fingerprint density at radius 2 is 1.25 bits per heavy atom. The van der Waals surface area contributed by atoms with Crippen molar-refractivity contribution in [3.8, 4) is 0 Å². The molecule has 0 aromatic heterocycles. The molecule has 0 atom stereocenters. The van der Waals surface area contributed by atoms with Crippen LogP contribution in [0.15, 0.2) is 18.2 Å². The molecule has 0 saturated heterocycles. The Morgan fingerprint density at radius 3 is 1.50 bits per heavy atom. The number of nitrogens with two attached hydrogens (primary N) is 2. The van der Waals surface area contributed by atoms with Gasteiger partial charge in [0.05, 0.1) is 15.1 Å². The SMILES string of the molecule is Cl.Clc1cccc(Cl)c1Cl.NN. The maximum atomic E-state index is 5.61. The van der Waals surface area contributed by atoms with Crippen LogP contribution in [-0.4, -0.2) is 0 Å². The number of hydrogen-bond donors (Lipinski definition) is 2. The molecule has 0 amide bonds. The lowest BCUT2D eigenvalue weighted by atomic mass is 10.4. The first-order valence-corrected chi connectivity index (χ1v) is 3.78. The highest BCUT2D eigenvalue weighted by Crippen LogP contribution is 2.28. The normalized spacial score (nSPS) is 7.75. The maximum absolute atomic E-state index is 5.61. The van der Waals surface area contributed by atoms with E-state index in [1.54, 1.807) is 18.2 Å². The van der Waals surface area contributed by atoms with Gasteiger partial charge >= 0.3 is 0 Å². The molecule has 0 spiro atoms. The van der Waals surface area contributed by atoms with Crippen molar-refractivity contribution in [2.75, 3.05) is 0 Å². The Hall–Kier alpha value is 0.300. The molecule has 6 heteroatoms. The van der Waals surface area contributed by atoms with Crippen LogP contribution >= 0.6 is 47.2 Å². The molecule has 0 heterocycles. The number of hydrazine groups is 1. The van der Waals surface area contributed by atoms with Crippen molar-refractivity contribution in [2.45, 2.75) is 0 Å². The molecule has 0 aliphatic rings. The summed E-state index contributed by atoms with van der Waals surface area (Å²) >= 11 is 16.8. The Morgan fingerprint density at radius 1 is 0.917 bits per heavy atom. The smallest absolute Gasteiger partial charge is 0.0778 e. The minimum Gasteiger partial charge on any atom is -0.274 e. The molecular weight excluding hydrogens is 242 g/mol. The lowest BCUT2D eigenvalue weighted by Crippen LogP contribution is -2.02. The molecule has 0 aliphatic heterocycles. The van der Waals surface area contributed by atoms with E-state index in [1.165, 1.54) is 0 Å². The summed E-state index contributed by atoms with van der Waals surface area (Å²) in [7, 11) is 0. The Balaban J connectivity index is 0. The van der Waals surface area contributed by atoms with Gasteiger partial charge in [-0.05, 0) is 12.1 Å². The van der Waals surface area contributed by atoms with Crippen LogP contribution in [0.3, 0.4) is 0 Å². The quantitative estimate of drug-likeness (QED) is 0.422. The van der Waals surface area contributed by atoms with E-state index in [0.717, 1.165) is 0 Å².